The lowest BCUT2D eigenvalue weighted by Crippen LogP contribution is -2.66. The molecule has 0 fully saturated rings. The van der Waals surface area contributed by atoms with Gasteiger partial charge in [0.1, 0.15) is 6.54 Å². The summed E-state index contributed by atoms with van der Waals surface area (Å²) < 4.78 is 0. The topological polar surface area (TPSA) is 153 Å². The van der Waals surface area contributed by atoms with Crippen LogP contribution in [0.2, 0.25) is 0 Å². The van der Waals surface area contributed by atoms with Crippen molar-refractivity contribution in [3.63, 3.8) is 0 Å². The number of carboxylic acids is 1. The quantitative estimate of drug-likeness (QED) is 0.241. The molecule has 0 bridgehead atoms. The number of nitrogens with one attached hydrogen (secondary N) is 3. The van der Waals surface area contributed by atoms with E-state index in [1.54, 1.807) is 0 Å². The molecule has 0 heterocycles. The summed E-state index contributed by atoms with van der Waals surface area (Å²) in [6.45, 7) is 0.909. The molecule has 0 aliphatic carbocycles. The standard InChI is InChI=1S/C14H18N4O5/c1-14(18-23,13(22)16-2)11(15)8-3-5-9(6-4-8)12(21)17-7-10(19)20/h3-6,15,18,23H,7H2,1-2H3,(H,16,22)(H,17,21)(H,19,20)/p+1. The first kappa shape index (κ1) is 18.3. The van der Waals surface area contributed by atoms with Crippen LogP contribution in [-0.2, 0) is 9.59 Å². The van der Waals surface area contributed by atoms with Crippen LogP contribution in [0.1, 0.15) is 22.8 Å². The second kappa shape index (κ2) is 7.47. The smallest absolute Gasteiger partial charge is 0.322 e. The van der Waals surface area contributed by atoms with Gasteiger partial charge in [-0.1, -0.05) is 0 Å². The monoisotopic (exact) mass is 323 g/mol. The number of nitrogens with two attached hydrogens (primary N) is 1. The number of carbonyl (C=O) groups excluding carboxylic acids is 2. The summed E-state index contributed by atoms with van der Waals surface area (Å²) >= 11 is 0. The average Bonchev–Trinajstić information content (AvgIpc) is 2.57. The van der Waals surface area contributed by atoms with Gasteiger partial charge in [0, 0.05) is 18.2 Å². The molecule has 0 aliphatic heterocycles. The number of likely N-dealkylation sites (N-methyl/N-ethyl adjacent to an activating group) is 1. The second-order valence-electron chi connectivity index (χ2n) is 4.88. The Hall–Kier alpha value is -2.78. The van der Waals surface area contributed by atoms with Crippen molar-refractivity contribution >= 4 is 23.5 Å². The normalized spacial score (nSPS) is 12.8. The predicted molar refractivity (Wildman–Crippen MR) is 79.8 cm³/mol. The first-order valence-corrected chi connectivity index (χ1v) is 6.63. The van der Waals surface area contributed by atoms with Crippen molar-refractivity contribution in [3.05, 3.63) is 35.4 Å². The Bertz CT molecular complexity index is 629. The molecule has 9 nitrogen and oxygen atoms in total. The lowest BCUT2D eigenvalue weighted by molar-refractivity contribution is -0.140. The van der Waals surface area contributed by atoms with E-state index in [1.165, 1.54) is 38.2 Å². The molecule has 0 saturated carbocycles. The number of hydrogen-bond acceptors (Lipinski definition) is 5. The molecule has 1 unspecified atom stereocenters. The highest BCUT2D eigenvalue weighted by atomic mass is 16.5. The van der Waals surface area contributed by atoms with Gasteiger partial charge in [0.25, 0.3) is 11.8 Å². The third-order valence-electron chi connectivity index (χ3n) is 3.30. The summed E-state index contributed by atoms with van der Waals surface area (Å²) in [6.07, 6.45) is 0. The number of amides is 2. The Balaban J connectivity index is 2.95. The number of carboxylic acid groups (broad SMARTS) is 1. The SMILES string of the molecule is CNC(=O)C(C)(NO)C(=[NH2+])c1ccc(C(=O)NCC(=O)O)cc1. The van der Waals surface area contributed by atoms with Crippen molar-refractivity contribution < 1.29 is 30.1 Å². The summed E-state index contributed by atoms with van der Waals surface area (Å²) in [5.41, 5.74) is 1.05. The average molecular weight is 323 g/mol. The molecule has 0 saturated heterocycles. The van der Waals surface area contributed by atoms with Crippen molar-refractivity contribution in [1.29, 1.82) is 0 Å². The van der Waals surface area contributed by atoms with E-state index in [-0.39, 0.29) is 11.3 Å². The lowest BCUT2D eigenvalue weighted by atomic mass is 9.89. The Kier molecular flexibility index (Phi) is 5.94. The molecule has 0 radical (unpaired) electrons. The number of aliphatic carboxylic acids is 1. The molecule has 124 valence electrons. The molecule has 1 aromatic rings. The minimum atomic E-state index is -1.54. The van der Waals surface area contributed by atoms with E-state index in [0.717, 1.165) is 0 Å². The van der Waals surface area contributed by atoms with Crippen LogP contribution in [0.4, 0.5) is 0 Å². The van der Waals surface area contributed by atoms with Gasteiger partial charge >= 0.3 is 5.97 Å². The number of carbonyl (C=O) groups is 3. The number of hydrogen-bond donors (Lipinski definition) is 6. The van der Waals surface area contributed by atoms with Crippen LogP contribution in [0.3, 0.4) is 0 Å². The first-order valence-electron chi connectivity index (χ1n) is 6.63. The van der Waals surface area contributed by atoms with Crippen LogP contribution in [0.15, 0.2) is 24.3 Å². The summed E-state index contributed by atoms with van der Waals surface area (Å²) in [5.74, 6) is -2.24. The molecule has 1 aromatic carbocycles. The first-order chi connectivity index (χ1) is 10.8. The van der Waals surface area contributed by atoms with Crippen molar-refractivity contribution in [2.24, 2.45) is 0 Å². The van der Waals surface area contributed by atoms with Crippen molar-refractivity contribution in [2.75, 3.05) is 13.6 Å². The summed E-state index contributed by atoms with van der Waals surface area (Å²) in [6, 6.07) is 5.84. The Morgan fingerprint density at radius 1 is 1.17 bits per heavy atom. The van der Waals surface area contributed by atoms with Gasteiger partial charge in [-0.3, -0.25) is 19.8 Å². The minimum absolute atomic E-state index is 0.0526. The molecule has 9 heteroatoms. The van der Waals surface area contributed by atoms with Gasteiger partial charge in [-0.05, 0) is 31.2 Å². The second-order valence-corrected chi connectivity index (χ2v) is 4.88. The maximum Gasteiger partial charge on any atom is 0.322 e. The fraction of sp³-hybridized carbons (Fsp3) is 0.286. The van der Waals surface area contributed by atoms with Gasteiger partial charge in [0.15, 0.2) is 0 Å². The zero-order valence-corrected chi connectivity index (χ0v) is 12.7. The van der Waals surface area contributed by atoms with Crippen molar-refractivity contribution in [1.82, 2.24) is 16.1 Å². The summed E-state index contributed by atoms with van der Waals surface area (Å²) in [4.78, 5) is 34.0. The maximum absolute atomic E-state index is 11.8. The molecule has 23 heavy (non-hydrogen) atoms. The fourth-order valence-electron chi connectivity index (χ4n) is 1.83. The maximum atomic E-state index is 11.8. The van der Waals surface area contributed by atoms with Gasteiger partial charge in [-0.15, -0.1) is 0 Å². The highest BCUT2D eigenvalue weighted by molar-refractivity contribution is 6.17. The van der Waals surface area contributed by atoms with E-state index < -0.39 is 29.9 Å². The Labute approximate surface area is 132 Å². The van der Waals surface area contributed by atoms with Gasteiger partial charge in [-0.2, -0.15) is 5.48 Å². The van der Waals surface area contributed by atoms with Gasteiger partial charge in [0.2, 0.25) is 11.3 Å². The van der Waals surface area contributed by atoms with Crippen LogP contribution >= 0.6 is 0 Å². The van der Waals surface area contributed by atoms with E-state index in [4.69, 9.17) is 10.5 Å². The third-order valence-corrected chi connectivity index (χ3v) is 3.30. The van der Waals surface area contributed by atoms with E-state index in [0.29, 0.717) is 5.56 Å². The Morgan fingerprint density at radius 2 is 1.70 bits per heavy atom. The number of rotatable bonds is 7. The van der Waals surface area contributed by atoms with E-state index in [1.807, 2.05) is 5.48 Å². The summed E-state index contributed by atoms with van der Waals surface area (Å²) in [7, 11) is 1.40. The fourth-order valence-corrected chi connectivity index (χ4v) is 1.83. The van der Waals surface area contributed by atoms with E-state index in [2.05, 4.69) is 10.6 Å². The molecule has 7 N–H and O–H groups in total. The zero-order chi connectivity index (χ0) is 17.6. The van der Waals surface area contributed by atoms with Gasteiger partial charge in [0.05, 0.1) is 0 Å². The van der Waals surface area contributed by atoms with Crippen LogP contribution < -0.4 is 21.5 Å². The summed E-state index contributed by atoms with van der Waals surface area (Å²) in [5, 5.41) is 28.3. The van der Waals surface area contributed by atoms with E-state index >= 15 is 0 Å². The van der Waals surface area contributed by atoms with Crippen LogP contribution in [0.5, 0.6) is 0 Å². The zero-order valence-electron chi connectivity index (χ0n) is 12.7. The molecule has 1 rings (SSSR count). The van der Waals surface area contributed by atoms with Crippen LogP contribution in [0.25, 0.3) is 0 Å². The highest BCUT2D eigenvalue weighted by Gasteiger charge is 2.42. The molecule has 0 aliphatic rings. The van der Waals surface area contributed by atoms with Crippen molar-refractivity contribution in [3.8, 4) is 0 Å². The van der Waals surface area contributed by atoms with Crippen LogP contribution in [0, 0.1) is 0 Å². The molecule has 1 atom stereocenters. The van der Waals surface area contributed by atoms with Gasteiger partial charge < -0.3 is 20.9 Å². The largest absolute Gasteiger partial charge is 0.480 e. The molecule has 0 spiro atoms. The van der Waals surface area contributed by atoms with Crippen LogP contribution in [-0.4, -0.2) is 52.9 Å². The Morgan fingerprint density at radius 3 is 2.13 bits per heavy atom. The van der Waals surface area contributed by atoms with Gasteiger partial charge in [-0.25, -0.2) is 0 Å². The lowest BCUT2D eigenvalue weighted by Gasteiger charge is -2.23. The van der Waals surface area contributed by atoms with E-state index in [9.17, 15) is 19.6 Å². The van der Waals surface area contributed by atoms with Crippen molar-refractivity contribution in [2.45, 2.75) is 12.5 Å². The predicted octanol–water partition coefficient (Wildman–Crippen LogP) is -2.47. The molecule has 0 aromatic heterocycles. The molecule has 2 amide bonds. The highest BCUT2D eigenvalue weighted by Crippen LogP contribution is 2.13. The third kappa shape index (κ3) is 4.11. The molecular weight excluding hydrogens is 304 g/mol. The number of benzene rings is 1. The minimum Gasteiger partial charge on any atom is -0.480 e. The number of hydroxylamine groups is 1. The molecular formula is C14H19N4O5+.